The summed E-state index contributed by atoms with van der Waals surface area (Å²) >= 11 is 3.52. The van der Waals surface area contributed by atoms with Gasteiger partial charge in [0.15, 0.2) is 0 Å². The molecule has 0 saturated heterocycles. The van der Waals surface area contributed by atoms with Gasteiger partial charge in [0.1, 0.15) is 5.75 Å². The second-order valence-electron chi connectivity index (χ2n) is 8.32. The molecular weight excluding hydrogens is 472 g/mol. The number of aryl methyl sites for hydroxylation is 2. The Morgan fingerprint density at radius 2 is 2.00 bits per heavy atom. The van der Waals surface area contributed by atoms with Gasteiger partial charge in [0.25, 0.3) is 0 Å². The fourth-order valence-corrected chi connectivity index (χ4v) is 4.41. The van der Waals surface area contributed by atoms with E-state index in [-0.39, 0.29) is 11.5 Å². The quantitative estimate of drug-likeness (QED) is 0.310. The number of anilines is 2. The van der Waals surface area contributed by atoms with E-state index in [1.807, 2.05) is 38.2 Å². The molecule has 3 rings (SSSR count). The molecule has 1 heterocycles. The number of imidazole rings is 1. The molecule has 172 valence electrons. The van der Waals surface area contributed by atoms with Crippen molar-refractivity contribution in [2.45, 2.75) is 39.2 Å². The highest BCUT2D eigenvalue weighted by Gasteiger charge is 2.25. The summed E-state index contributed by atoms with van der Waals surface area (Å²) in [5, 5.41) is 7.03. The summed E-state index contributed by atoms with van der Waals surface area (Å²) in [6, 6.07) is 10.1. The van der Waals surface area contributed by atoms with E-state index in [4.69, 9.17) is 14.5 Å². The lowest BCUT2D eigenvalue weighted by Gasteiger charge is -2.28. The molecule has 0 saturated carbocycles. The van der Waals surface area contributed by atoms with Gasteiger partial charge >= 0.3 is 5.97 Å². The third-order valence-corrected chi connectivity index (χ3v) is 6.10. The van der Waals surface area contributed by atoms with Gasteiger partial charge in [0.2, 0.25) is 5.95 Å². The van der Waals surface area contributed by atoms with Crippen LogP contribution in [0.3, 0.4) is 0 Å². The number of halogens is 1. The summed E-state index contributed by atoms with van der Waals surface area (Å²) in [4.78, 5) is 16.2. The number of methoxy groups -OCH3 is 2. The first-order valence-corrected chi connectivity index (χ1v) is 11.4. The number of benzene rings is 2. The minimum atomic E-state index is -0.314. The van der Waals surface area contributed by atoms with Crippen LogP contribution in [0, 0.1) is 6.92 Å². The third-order valence-electron chi connectivity index (χ3n) is 5.64. The largest absolute Gasteiger partial charge is 0.495 e. The summed E-state index contributed by atoms with van der Waals surface area (Å²) in [5.41, 5.74) is 4.72. The first kappa shape index (κ1) is 24.1. The Kier molecular flexibility index (Phi) is 7.46. The first-order chi connectivity index (χ1) is 15.2. The van der Waals surface area contributed by atoms with Crippen LogP contribution in [0.25, 0.3) is 11.0 Å². The van der Waals surface area contributed by atoms with E-state index in [1.54, 1.807) is 7.11 Å². The van der Waals surface area contributed by atoms with Gasteiger partial charge in [-0.1, -0.05) is 28.1 Å². The molecule has 0 spiro atoms. The lowest BCUT2D eigenvalue weighted by Crippen LogP contribution is -2.37. The maximum absolute atomic E-state index is 11.4. The number of nitrogens with one attached hydrogen (secondary N) is 2. The summed E-state index contributed by atoms with van der Waals surface area (Å²) < 4.78 is 13.3. The number of hydrogen-bond donors (Lipinski definition) is 2. The highest BCUT2D eigenvalue weighted by Crippen LogP contribution is 2.36. The zero-order chi connectivity index (χ0) is 23.5. The number of hydrogen-bond acceptors (Lipinski definition) is 6. The van der Waals surface area contributed by atoms with Crippen molar-refractivity contribution >= 4 is 44.6 Å². The fraction of sp³-hybridized carbons (Fsp3) is 0.417. The number of nitrogens with zero attached hydrogens (tertiary/aromatic N) is 2. The van der Waals surface area contributed by atoms with Crippen LogP contribution in [0.5, 0.6) is 5.75 Å². The monoisotopic (exact) mass is 502 g/mol. The van der Waals surface area contributed by atoms with Crippen molar-refractivity contribution in [3.8, 4) is 5.75 Å². The molecule has 1 aromatic heterocycles. The summed E-state index contributed by atoms with van der Waals surface area (Å²) in [7, 11) is 5.09. The Bertz CT molecular complexity index is 1120. The molecule has 32 heavy (non-hydrogen) atoms. The van der Waals surface area contributed by atoms with Crippen LogP contribution < -0.4 is 15.4 Å². The molecule has 0 atom stereocenters. The number of rotatable bonds is 9. The van der Waals surface area contributed by atoms with Crippen molar-refractivity contribution < 1.29 is 14.3 Å². The van der Waals surface area contributed by atoms with Gasteiger partial charge in [0, 0.05) is 23.5 Å². The average molecular weight is 503 g/mol. The second-order valence-corrected chi connectivity index (χ2v) is 9.24. The molecule has 3 aromatic rings. The first-order valence-electron chi connectivity index (χ1n) is 10.6. The topological polar surface area (TPSA) is 77.4 Å². The Morgan fingerprint density at radius 1 is 1.25 bits per heavy atom. The predicted molar refractivity (Wildman–Crippen MR) is 132 cm³/mol. The number of esters is 1. The van der Waals surface area contributed by atoms with Crippen LogP contribution in [0.1, 0.15) is 37.8 Å². The molecule has 0 unspecified atom stereocenters. The van der Waals surface area contributed by atoms with Crippen LogP contribution in [-0.2, 0) is 22.1 Å². The van der Waals surface area contributed by atoms with E-state index < -0.39 is 0 Å². The number of ether oxygens (including phenoxy) is 2. The van der Waals surface area contributed by atoms with Gasteiger partial charge in [-0.15, -0.1) is 0 Å². The van der Waals surface area contributed by atoms with E-state index >= 15 is 0 Å². The van der Waals surface area contributed by atoms with E-state index in [2.05, 4.69) is 51.0 Å². The summed E-state index contributed by atoms with van der Waals surface area (Å²) in [6.45, 7) is 7.02. The molecule has 7 nitrogen and oxygen atoms in total. The standard InChI is InChI=1S/C24H31BrN4O3/c1-15-13-16(25)14-19(31-5)21(15)28-23-27-18-10-7-9-17(22(18)29(23)4)24(2,3)26-12-8-11-20(30)32-6/h7,9-10,13-14,26H,8,11-12H2,1-6H3,(H,27,28). The van der Waals surface area contributed by atoms with Crippen LogP contribution in [0.4, 0.5) is 11.6 Å². The molecule has 0 bridgehead atoms. The van der Waals surface area contributed by atoms with Crippen molar-refractivity contribution in [2.75, 3.05) is 26.1 Å². The minimum Gasteiger partial charge on any atom is -0.495 e. The number of carbonyl (C=O) groups is 1. The van der Waals surface area contributed by atoms with Gasteiger partial charge in [-0.05, 0) is 63.1 Å². The maximum Gasteiger partial charge on any atom is 0.305 e. The smallest absolute Gasteiger partial charge is 0.305 e. The molecule has 0 amide bonds. The zero-order valence-electron chi connectivity index (χ0n) is 19.5. The zero-order valence-corrected chi connectivity index (χ0v) is 21.1. The van der Waals surface area contributed by atoms with E-state index in [9.17, 15) is 4.79 Å². The highest BCUT2D eigenvalue weighted by molar-refractivity contribution is 9.10. The van der Waals surface area contributed by atoms with E-state index in [0.29, 0.717) is 19.4 Å². The van der Waals surface area contributed by atoms with Crippen molar-refractivity contribution in [3.05, 3.63) is 45.9 Å². The van der Waals surface area contributed by atoms with Crippen molar-refractivity contribution in [2.24, 2.45) is 7.05 Å². The molecule has 0 radical (unpaired) electrons. The molecule has 0 aliphatic rings. The second kappa shape index (κ2) is 9.92. The van der Waals surface area contributed by atoms with Crippen molar-refractivity contribution in [1.82, 2.24) is 14.9 Å². The van der Waals surface area contributed by atoms with E-state index in [1.165, 1.54) is 7.11 Å². The lowest BCUT2D eigenvalue weighted by atomic mass is 9.92. The average Bonchev–Trinajstić information content (AvgIpc) is 3.08. The molecule has 2 N–H and O–H groups in total. The van der Waals surface area contributed by atoms with Gasteiger partial charge in [-0.25, -0.2) is 4.98 Å². The molecule has 0 aliphatic heterocycles. The number of aromatic nitrogens is 2. The van der Waals surface area contributed by atoms with Crippen molar-refractivity contribution in [3.63, 3.8) is 0 Å². The van der Waals surface area contributed by atoms with Crippen LogP contribution >= 0.6 is 15.9 Å². The summed E-state index contributed by atoms with van der Waals surface area (Å²) in [6.07, 6.45) is 1.12. The van der Waals surface area contributed by atoms with Gasteiger partial charge in [0.05, 0.1) is 30.9 Å². The molecule has 2 aromatic carbocycles. The Labute approximate surface area is 197 Å². The van der Waals surface area contributed by atoms with Crippen molar-refractivity contribution in [1.29, 1.82) is 0 Å². The SMILES string of the molecule is COC(=O)CCCNC(C)(C)c1cccc2nc(Nc3c(C)cc(Br)cc3OC)n(C)c12. The van der Waals surface area contributed by atoms with E-state index in [0.717, 1.165) is 44.0 Å². The number of carbonyl (C=O) groups excluding carboxylic acids is 1. The molecule has 0 aliphatic carbocycles. The molecule has 8 heteroatoms. The van der Waals surface area contributed by atoms with Crippen LogP contribution in [0.15, 0.2) is 34.8 Å². The number of fused-ring (bicyclic) bond motifs is 1. The highest BCUT2D eigenvalue weighted by atomic mass is 79.9. The molecule has 0 fully saturated rings. The predicted octanol–water partition coefficient (Wildman–Crippen LogP) is 5.17. The third kappa shape index (κ3) is 5.07. The minimum absolute atomic E-state index is 0.187. The normalized spacial score (nSPS) is 11.6. The lowest BCUT2D eigenvalue weighted by molar-refractivity contribution is -0.140. The van der Waals surface area contributed by atoms with Gasteiger partial charge in [-0.2, -0.15) is 0 Å². The Hall–Kier alpha value is -2.58. The Balaban J connectivity index is 1.92. The van der Waals surface area contributed by atoms with Gasteiger partial charge < -0.3 is 24.7 Å². The van der Waals surface area contributed by atoms with Gasteiger partial charge in [-0.3, -0.25) is 4.79 Å². The number of para-hydroxylation sites is 1. The van der Waals surface area contributed by atoms with Crippen LogP contribution in [0.2, 0.25) is 0 Å². The maximum atomic E-state index is 11.4. The molecular formula is C24H31BrN4O3. The van der Waals surface area contributed by atoms with Crippen LogP contribution in [-0.4, -0.2) is 36.3 Å². The Morgan fingerprint density at radius 3 is 2.69 bits per heavy atom. The summed E-state index contributed by atoms with van der Waals surface area (Å²) in [5.74, 6) is 1.29. The fourth-order valence-electron chi connectivity index (χ4n) is 3.86.